The molecule has 0 fully saturated rings. The average Bonchev–Trinajstić information content (AvgIpc) is 2.96. The molecule has 0 bridgehead atoms. The largest absolute Gasteiger partial charge is 0.356 e. The minimum atomic E-state index is 0.896. The van der Waals surface area contributed by atoms with Crippen molar-refractivity contribution in [3.05, 3.63) is 29.6 Å². The highest BCUT2D eigenvalue weighted by molar-refractivity contribution is 5.79. The SMILES string of the molecule is CN=C(NCCCn1cc(C)cn1)NCCC1=CCCCC1. The Bertz CT molecular complexity index is 501. The van der Waals surface area contributed by atoms with E-state index >= 15 is 0 Å². The summed E-state index contributed by atoms with van der Waals surface area (Å²) in [5.74, 6) is 0.896. The van der Waals surface area contributed by atoms with Gasteiger partial charge in [-0.1, -0.05) is 11.6 Å². The molecule has 5 heteroatoms. The molecule has 1 aromatic rings. The Kier molecular flexibility index (Phi) is 7.00. The molecule has 1 heterocycles. The van der Waals surface area contributed by atoms with Crippen LogP contribution in [0.1, 0.15) is 44.1 Å². The molecule has 0 spiro atoms. The summed E-state index contributed by atoms with van der Waals surface area (Å²) < 4.78 is 1.99. The summed E-state index contributed by atoms with van der Waals surface area (Å²) in [6, 6.07) is 0. The summed E-state index contributed by atoms with van der Waals surface area (Å²) >= 11 is 0. The molecule has 1 aliphatic rings. The van der Waals surface area contributed by atoms with E-state index < -0.39 is 0 Å². The Morgan fingerprint density at radius 1 is 1.32 bits per heavy atom. The highest BCUT2D eigenvalue weighted by atomic mass is 15.3. The third-order valence-corrected chi connectivity index (χ3v) is 3.97. The van der Waals surface area contributed by atoms with Crippen molar-refractivity contribution in [2.24, 2.45) is 4.99 Å². The predicted octanol–water partition coefficient (Wildman–Crippen LogP) is 2.64. The van der Waals surface area contributed by atoms with Gasteiger partial charge in [0.1, 0.15) is 0 Å². The van der Waals surface area contributed by atoms with Crippen LogP contribution in [0.4, 0.5) is 0 Å². The van der Waals surface area contributed by atoms with E-state index in [1.807, 2.05) is 17.9 Å². The number of allylic oxidation sites excluding steroid dienone is 1. The van der Waals surface area contributed by atoms with Crippen LogP contribution in [0.15, 0.2) is 29.0 Å². The van der Waals surface area contributed by atoms with Crippen molar-refractivity contribution < 1.29 is 0 Å². The third-order valence-electron chi connectivity index (χ3n) is 3.97. The first-order chi connectivity index (χ1) is 10.8. The van der Waals surface area contributed by atoms with E-state index in [9.17, 15) is 0 Å². The molecule has 0 aromatic carbocycles. The van der Waals surface area contributed by atoms with E-state index in [1.54, 1.807) is 5.57 Å². The van der Waals surface area contributed by atoms with E-state index in [0.717, 1.165) is 38.4 Å². The Balaban J connectivity index is 1.57. The average molecular weight is 303 g/mol. The molecule has 0 unspecified atom stereocenters. The third kappa shape index (κ3) is 5.92. The van der Waals surface area contributed by atoms with Gasteiger partial charge in [0, 0.05) is 32.9 Å². The lowest BCUT2D eigenvalue weighted by atomic mass is 9.97. The van der Waals surface area contributed by atoms with Gasteiger partial charge in [0.25, 0.3) is 0 Å². The number of nitrogens with one attached hydrogen (secondary N) is 2. The van der Waals surface area contributed by atoms with Gasteiger partial charge in [0.2, 0.25) is 0 Å². The second-order valence-electron chi connectivity index (χ2n) is 5.92. The molecule has 1 aromatic heterocycles. The summed E-state index contributed by atoms with van der Waals surface area (Å²) in [5, 5.41) is 11.0. The molecule has 5 nitrogen and oxygen atoms in total. The maximum Gasteiger partial charge on any atom is 0.190 e. The molecule has 2 rings (SSSR count). The number of aliphatic imine (C=N–C) groups is 1. The van der Waals surface area contributed by atoms with Crippen LogP contribution in [-0.2, 0) is 6.54 Å². The molecule has 122 valence electrons. The van der Waals surface area contributed by atoms with E-state index in [0.29, 0.717) is 0 Å². The molecule has 0 radical (unpaired) electrons. The second kappa shape index (κ2) is 9.28. The van der Waals surface area contributed by atoms with E-state index in [1.165, 1.54) is 31.2 Å². The summed E-state index contributed by atoms with van der Waals surface area (Å²) in [4.78, 5) is 4.27. The van der Waals surface area contributed by atoms with Crippen molar-refractivity contribution in [3.63, 3.8) is 0 Å². The molecule has 1 aliphatic carbocycles. The van der Waals surface area contributed by atoms with Crippen LogP contribution in [-0.4, -0.2) is 35.9 Å². The van der Waals surface area contributed by atoms with Gasteiger partial charge in [-0.05, 0) is 51.0 Å². The number of aryl methyl sites for hydroxylation is 2. The molecule has 0 aliphatic heterocycles. The lowest BCUT2D eigenvalue weighted by Crippen LogP contribution is -2.38. The zero-order chi connectivity index (χ0) is 15.6. The van der Waals surface area contributed by atoms with Crippen LogP contribution < -0.4 is 10.6 Å². The zero-order valence-corrected chi connectivity index (χ0v) is 13.9. The zero-order valence-electron chi connectivity index (χ0n) is 13.9. The van der Waals surface area contributed by atoms with Gasteiger partial charge in [0.15, 0.2) is 5.96 Å². The summed E-state index contributed by atoms with van der Waals surface area (Å²) in [6.07, 6.45) is 13.8. The lowest BCUT2D eigenvalue weighted by Gasteiger charge is -2.15. The molecule has 0 saturated carbocycles. The molecule has 2 N–H and O–H groups in total. The lowest BCUT2D eigenvalue weighted by molar-refractivity contribution is 0.569. The fourth-order valence-electron chi connectivity index (χ4n) is 2.73. The number of rotatable bonds is 7. The van der Waals surface area contributed by atoms with Gasteiger partial charge >= 0.3 is 0 Å². The van der Waals surface area contributed by atoms with Crippen LogP contribution in [0.2, 0.25) is 0 Å². The normalized spacial score (nSPS) is 15.5. The monoisotopic (exact) mass is 303 g/mol. The number of hydrogen-bond donors (Lipinski definition) is 2. The fraction of sp³-hybridized carbons (Fsp3) is 0.647. The van der Waals surface area contributed by atoms with E-state index in [2.05, 4.69) is 39.9 Å². The molecule has 22 heavy (non-hydrogen) atoms. The topological polar surface area (TPSA) is 54.2 Å². The second-order valence-corrected chi connectivity index (χ2v) is 5.92. The number of hydrogen-bond acceptors (Lipinski definition) is 2. The summed E-state index contributed by atoms with van der Waals surface area (Å²) in [5.41, 5.74) is 2.81. The minimum absolute atomic E-state index is 0.896. The highest BCUT2D eigenvalue weighted by Crippen LogP contribution is 2.19. The van der Waals surface area contributed by atoms with Crippen molar-refractivity contribution in [1.82, 2.24) is 20.4 Å². The van der Waals surface area contributed by atoms with Crippen LogP contribution >= 0.6 is 0 Å². The van der Waals surface area contributed by atoms with Crippen molar-refractivity contribution >= 4 is 5.96 Å². The van der Waals surface area contributed by atoms with Crippen LogP contribution in [0.3, 0.4) is 0 Å². The molecule has 0 saturated heterocycles. The Hall–Kier alpha value is -1.78. The standard InChI is InChI=1S/C17H29N5/c1-15-13-21-22(14-15)12-6-10-19-17(18-2)20-11-9-16-7-4-3-5-8-16/h7,13-14H,3-6,8-12H2,1-2H3,(H2,18,19,20). The highest BCUT2D eigenvalue weighted by Gasteiger charge is 2.04. The van der Waals surface area contributed by atoms with Crippen LogP contribution in [0.25, 0.3) is 0 Å². The van der Waals surface area contributed by atoms with Crippen molar-refractivity contribution in [3.8, 4) is 0 Å². The number of nitrogens with zero attached hydrogens (tertiary/aromatic N) is 3. The molecule has 0 amide bonds. The smallest absolute Gasteiger partial charge is 0.190 e. The van der Waals surface area contributed by atoms with Crippen LogP contribution in [0, 0.1) is 6.92 Å². The maximum absolute atomic E-state index is 4.29. The van der Waals surface area contributed by atoms with E-state index in [-0.39, 0.29) is 0 Å². The molecular formula is C17H29N5. The fourth-order valence-corrected chi connectivity index (χ4v) is 2.73. The quantitative estimate of drug-likeness (QED) is 0.352. The van der Waals surface area contributed by atoms with Gasteiger partial charge in [-0.3, -0.25) is 9.67 Å². The Morgan fingerprint density at radius 3 is 2.86 bits per heavy atom. The van der Waals surface area contributed by atoms with E-state index in [4.69, 9.17) is 0 Å². The molecule has 0 atom stereocenters. The number of guanidine groups is 1. The van der Waals surface area contributed by atoms with Gasteiger partial charge in [0.05, 0.1) is 6.20 Å². The van der Waals surface area contributed by atoms with Gasteiger partial charge in [-0.2, -0.15) is 5.10 Å². The summed E-state index contributed by atoms with van der Waals surface area (Å²) in [6.45, 7) is 4.87. The maximum atomic E-state index is 4.29. The van der Waals surface area contributed by atoms with Gasteiger partial charge < -0.3 is 10.6 Å². The first-order valence-electron chi connectivity index (χ1n) is 8.39. The summed E-state index contributed by atoms with van der Waals surface area (Å²) in [7, 11) is 1.83. The Labute approximate surface area is 133 Å². The van der Waals surface area contributed by atoms with Crippen molar-refractivity contribution in [2.45, 2.75) is 52.0 Å². The van der Waals surface area contributed by atoms with Crippen molar-refractivity contribution in [1.29, 1.82) is 0 Å². The predicted molar refractivity (Wildman–Crippen MR) is 92.1 cm³/mol. The van der Waals surface area contributed by atoms with Gasteiger partial charge in [-0.15, -0.1) is 0 Å². The van der Waals surface area contributed by atoms with Crippen molar-refractivity contribution in [2.75, 3.05) is 20.1 Å². The van der Waals surface area contributed by atoms with Crippen LogP contribution in [0.5, 0.6) is 0 Å². The Morgan fingerprint density at radius 2 is 2.18 bits per heavy atom. The first-order valence-corrected chi connectivity index (χ1v) is 8.39. The van der Waals surface area contributed by atoms with Gasteiger partial charge in [-0.25, -0.2) is 0 Å². The minimum Gasteiger partial charge on any atom is -0.356 e. The number of aromatic nitrogens is 2. The molecular weight excluding hydrogens is 274 g/mol. The first kappa shape index (κ1) is 16.6.